The summed E-state index contributed by atoms with van der Waals surface area (Å²) < 4.78 is 24.6. The second-order valence-electron chi connectivity index (χ2n) is 14.9. The van der Waals surface area contributed by atoms with Gasteiger partial charge in [-0.25, -0.2) is 4.79 Å². The van der Waals surface area contributed by atoms with Crippen LogP contribution in [0.2, 0.25) is 0 Å². The molecular weight excluding hydrogens is 669 g/mol. The number of benzene rings is 3. The zero-order chi connectivity index (χ0) is 35.7. The number of aromatic hydroxyl groups is 2. The average molecular weight is 711 g/mol. The first-order valence-electron chi connectivity index (χ1n) is 17.6. The summed E-state index contributed by atoms with van der Waals surface area (Å²) in [4.78, 5) is 19.2. The van der Waals surface area contributed by atoms with Gasteiger partial charge in [0.25, 0.3) is 0 Å². The molecule has 11 nitrogen and oxygen atoms in total. The average Bonchev–Trinajstić information content (AvgIpc) is 3.60. The Hall–Kier alpha value is -4.15. The van der Waals surface area contributed by atoms with Crippen LogP contribution in [0.15, 0.2) is 18.2 Å². The van der Waals surface area contributed by atoms with Crippen LogP contribution >= 0.6 is 11.8 Å². The number of methoxy groups -OCH3 is 1. The summed E-state index contributed by atoms with van der Waals surface area (Å²) in [7, 11) is 3.65. The number of fused-ring (bicyclic) bond motifs is 9. The lowest BCUT2D eigenvalue weighted by molar-refractivity contribution is -0.157. The Morgan fingerprint density at radius 3 is 2.57 bits per heavy atom. The van der Waals surface area contributed by atoms with E-state index in [4.69, 9.17) is 18.9 Å². The number of nitrogens with zero attached hydrogens (tertiary/aromatic N) is 3. The molecule has 0 radical (unpaired) electrons. The van der Waals surface area contributed by atoms with Crippen LogP contribution in [0.25, 0.3) is 0 Å². The standard InChI is InChI=1S/C39H42N4O7S/c1-17-10-23-21(12-27(17)44)7-8-41-39(23)15-51-37-28-19(3)20(4)35-36(50-16-49-35)30(28)26(14-48-38(39)46)43-25(13-40)24-11-22-9-18(2)34(47-6)33(45)29(22)31(32(37)43)42(24)5/h9-10,12,24-26,31-32,37,41,44-45H,7-8,11,14-16H2,1-6H3/t24-,25-,26-,31-,32+,37+,39+/m0/s1. The normalized spacial score (nSPS) is 30.5. The summed E-state index contributed by atoms with van der Waals surface area (Å²) in [5, 5.41) is 37.0. The van der Waals surface area contributed by atoms with Crippen molar-refractivity contribution in [2.45, 2.75) is 81.5 Å². The van der Waals surface area contributed by atoms with E-state index in [9.17, 15) is 20.3 Å². The fraction of sp³-hybridized carbons (Fsp3) is 0.487. The van der Waals surface area contributed by atoms with Gasteiger partial charge >= 0.3 is 5.97 Å². The first-order chi connectivity index (χ1) is 24.5. The van der Waals surface area contributed by atoms with Crippen molar-refractivity contribution in [1.82, 2.24) is 15.1 Å². The van der Waals surface area contributed by atoms with Crippen LogP contribution in [0.5, 0.6) is 28.7 Å². The van der Waals surface area contributed by atoms with Crippen LogP contribution in [0.4, 0.5) is 0 Å². The molecule has 0 aliphatic carbocycles. The Labute approximate surface area is 301 Å². The molecule has 2 fully saturated rings. The molecule has 0 amide bonds. The maximum atomic E-state index is 14.6. The number of ether oxygens (including phenoxy) is 4. The number of rotatable bonds is 1. The van der Waals surface area contributed by atoms with Gasteiger partial charge in [-0.15, -0.1) is 11.8 Å². The first kappa shape index (κ1) is 32.7. The van der Waals surface area contributed by atoms with Crippen molar-refractivity contribution < 1.29 is 34.0 Å². The fourth-order valence-electron chi connectivity index (χ4n) is 10.1. The van der Waals surface area contributed by atoms with Gasteiger partial charge in [-0.3, -0.25) is 15.1 Å². The molecule has 7 heterocycles. The lowest BCUT2D eigenvalue weighted by Crippen LogP contribution is -2.69. The number of phenols is 2. The number of nitrogens with one attached hydrogen (secondary N) is 1. The lowest BCUT2D eigenvalue weighted by atomic mass is 9.71. The molecule has 10 rings (SSSR count). The predicted molar refractivity (Wildman–Crippen MR) is 190 cm³/mol. The fourth-order valence-corrected chi connectivity index (χ4v) is 11.9. The minimum Gasteiger partial charge on any atom is -0.508 e. The van der Waals surface area contributed by atoms with Gasteiger partial charge < -0.3 is 29.2 Å². The van der Waals surface area contributed by atoms with Crippen LogP contribution in [0.1, 0.15) is 73.0 Å². The molecule has 7 atom stereocenters. The van der Waals surface area contributed by atoms with Crippen molar-refractivity contribution in [2.24, 2.45) is 0 Å². The maximum absolute atomic E-state index is 14.6. The van der Waals surface area contributed by atoms with E-state index >= 15 is 0 Å². The zero-order valence-electron chi connectivity index (χ0n) is 29.6. The molecule has 7 aliphatic rings. The summed E-state index contributed by atoms with van der Waals surface area (Å²) in [6, 6.07) is 6.62. The van der Waals surface area contributed by atoms with Gasteiger partial charge in [0.05, 0.1) is 25.3 Å². The number of thioether (sulfide) groups is 1. The number of hydrogen-bond acceptors (Lipinski definition) is 12. The van der Waals surface area contributed by atoms with Crippen molar-refractivity contribution in [3.8, 4) is 34.8 Å². The van der Waals surface area contributed by atoms with E-state index in [0.29, 0.717) is 48.0 Å². The molecule has 1 spiro atoms. The van der Waals surface area contributed by atoms with Crippen molar-refractivity contribution in [1.29, 1.82) is 5.26 Å². The van der Waals surface area contributed by atoms with Crippen LogP contribution in [-0.2, 0) is 27.9 Å². The maximum Gasteiger partial charge on any atom is 0.331 e. The third-order valence-corrected chi connectivity index (χ3v) is 14.1. The Kier molecular flexibility index (Phi) is 7.33. The molecule has 266 valence electrons. The molecule has 0 unspecified atom stereocenters. The van der Waals surface area contributed by atoms with E-state index in [1.165, 1.54) is 0 Å². The first-order valence-corrected chi connectivity index (χ1v) is 18.6. The van der Waals surface area contributed by atoms with E-state index in [0.717, 1.165) is 50.1 Å². The van der Waals surface area contributed by atoms with E-state index in [1.54, 1.807) is 24.9 Å². The highest BCUT2D eigenvalue weighted by Gasteiger charge is 2.61. The number of esters is 1. The number of hydrogen-bond donors (Lipinski definition) is 3. The summed E-state index contributed by atoms with van der Waals surface area (Å²) in [6.45, 7) is 8.60. The van der Waals surface area contributed by atoms with Gasteiger partial charge in [0, 0.05) is 40.8 Å². The van der Waals surface area contributed by atoms with E-state index in [2.05, 4.69) is 48.1 Å². The number of carbonyl (C=O) groups is 1. The summed E-state index contributed by atoms with van der Waals surface area (Å²) in [5.41, 5.74) is 8.07. The van der Waals surface area contributed by atoms with Gasteiger partial charge in [-0.05, 0) is 104 Å². The largest absolute Gasteiger partial charge is 0.508 e. The third-order valence-electron chi connectivity index (χ3n) is 12.6. The van der Waals surface area contributed by atoms with Gasteiger partial charge in [0.1, 0.15) is 18.4 Å². The second-order valence-corrected chi connectivity index (χ2v) is 16.0. The summed E-state index contributed by atoms with van der Waals surface area (Å²) >= 11 is 1.68. The number of nitriles is 1. The quantitative estimate of drug-likeness (QED) is 0.303. The van der Waals surface area contributed by atoms with Crippen molar-refractivity contribution in [3.05, 3.63) is 73.8 Å². The van der Waals surface area contributed by atoms with Gasteiger partial charge in [0.15, 0.2) is 28.5 Å². The van der Waals surface area contributed by atoms with Gasteiger partial charge in [0.2, 0.25) is 6.79 Å². The molecule has 0 aromatic heterocycles. The Morgan fingerprint density at radius 2 is 1.80 bits per heavy atom. The van der Waals surface area contributed by atoms with E-state index in [1.807, 2.05) is 19.9 Å². The lowest BCUT2D eigenvalue weighted by Gasteiger charge is -2.62. The van der Waals surface area contributed by atoms with Gasteiger partial charge in [-0.1, -0.05) is 6.07 Å². The van der Waals surface area contributed by atoms with Crippen LogP contribution in [-0.4, -0.2) is 84.0 Å². The summed E-state index contributed by atoms with van der Waals surface area (Å²) in [6.07, 6.45) is 1.24. The molecule has 51 heavy (non-hydrogen) atoms. The van der Waals surface area contributed by atoms with Crippen molar-refractivity contribution in [3.63, 3.8) is 0 Å². The minimum atomic E-state index is -1.16. The molecule has 2 saturated heterocycles. The SMILES string of the molecule is COc1c(C)cc2c(c1O)[C@H]1[C@@H]3[C@@H]4SC[C@]5(NCCc6cc(O)c(C)cc65)C(=O)OC[C@@H](c5c6c(c(C)c(C)c54)OCO6)N3[C@@H](C#N)[C@H](C2)N1C. The molecule has 3 aromatic rings. The number of likely N-dealkylation sites (N-methyl/N-ethyl adjacent to an activating group) is 1. The van der Waals surface area contributed by atoms with Crippen LogP contribution in [0, 0.1) is 39.0 Å². The van der Waals surface area contributed by atoms with Crippen LogP contribution < -0.4 is 19.5 Å². The highest BCUT2D eigenvalue weighted by atomic mass is 32.2. The number of aryl methyl sites for hydroxylation is 2. The smallest absolute Gasteiger partial charge is 0.331 e. The second kappa shape index (κ2) is 11.4. The highest BCUT2D eigenvalue weighted by molar-refractivity contribution is 7.99. The number of piperazine rings is 1. The van der Waals surface area contributed by atoms with E-state index in [-0.39, 0.29) is 54.2 Å². The molecule has 0 saturated carbocycles. The van der Waals surface area contributed by atoms with Crippen molar-refractivity contribution >= 4 is 17.7 Å². The van der Waals surface area contributed by atoms with Crippen molar-refractivity contribution in [2.75, 3.05) is 39.9 Å². The molecular formula is C39H42N4O7S. The Morgan fingerprint density at radius 1 is 1.02 bits per heavy atom. The highest BCUT2D eigenvalue weighted by Crippen LogP contribution is 2.63. The van der Waals surface area contributed by atoms with Crippen LogP contribution in [0.3, 0.4) is 0 Å². The minimum absolute atomic E-state index is 0.00869. The molecule has 3 N–H and O–H groups in total. The van der Waals surface area contributed by atoms with Gasteiger partial charge in [-0.2, -0.15) is 5.26 Å². The number of phenolic OH excluding ortho intramolecular Hbond substituents is 2. The zero-order valence-corrected chi connectivity index (χ0v) is 30.4. The number of carbonyl (C=O) groups excluding carboxylic acids is 1. The molecule has 7 aliphatic heterocycles. The Bertz CT molecular complexity index is 2080. The molecule has 4 bridgehead atoms. The van der Waals surface area contributed by atoms with E-state index < -0.39 is 17.6 Å². The molecule has 3 aromatic carbocycles. The summed E-state index contributed by atoms with van der Waals surface area (Å²) in [5.74, 6) is 2.11. The third kappa shape index (κ3) is 4.26. The monoisotopic (exact) mass is 710 g/mol. The predicted octanol–water partition coefficient (Wildman–Crippen LogP) is 4.67. The topological polar surface area (TPSA) is 137 Å². The Balaban J connectivity index is 1.31. The molecule has 12 heteroatoms.